The zero-order chi connectivity index (χ0) is 14.1. The third-order valence-electron chi connectivity index (χ3n) is 3.10. The third-order valence-corrected chi connectivity index (χ3v) is 3.32. The molecule has 1 aliphatic rings. The number of benzene rings is 1. The van der Waals surface area contributed by atoms with Crippen molar-refractivity contribution < 1.29 is 13.9 Å². The number of ether oxygens (including phenoxy) is 1. The quantitative estimate of drug-likeness (QED) is 0.863. The van der Waals surface area contributed by atoms with E-state index in [1.54, 1.807) is 30.5 Å². The second-order valence-electron chi connectivity index (χ2n) is 4.42. The van der Waals surface area contributed by atoms with Crippen LogP contribution >= 0.6 is 11.6 Å². The first-order valence-electron chi connectivity index (χ1n) is 5.97. The van der Waals surface area contributed by atoms with Crippen LogP contribution in [-0.2, 0) is 4.74 Å². The predicted molar refractivity (Wildman–Crippen MR) is 70.7 cm³/mol. The van der Waals surface area contributed by atoms with E-state index < -0.39 is 18.2 Å². The van der Waals surface area contributed by atoms with E-state index >= 15 is 0 Å². The molecular formula is C14H10ClFN2O2. The Morgan fingerprint density at radius 1 is 1.25 bits per heavy atom. The Kier molecular flexibility index (Phi) is 3.28. The van der Waals surface area contributed by atoms with Crippen molar-refractivity contribution in [3.8, 4) is 0 Å². The van der Waals surface area contributed by atoms with Crippen LogP contribution in [0.2, 0.25) is 5.15 Å². The molecule has 1 N–H and O–H groups in total. The fraction of sp³-hybridized carbons (Fsp3) is 0.143. The van der Waals surface area contributed by atoms with Gasteiger partial charge < -0.3 is 10.1 Å². The van der Waals surface area contributed by atoms with Crippen molar-refractivity contribution in [1.29, 1.82) is 0 Å². The largest absolute Gasteiger partial charge is 0.439 e. The summed E-state index contributed by atoms with van der Waals surface area (Å²) in [5.74, 6) is -0.376. The summed E-state index contributed by atoms with van der Waals surface area (Å²) in [7, 11) is 0. The molecule has 1 aromatic heterocycles. The minimum absolute atomic E-state index is 0.362. The van der Waals surface area contributed by atoms with E-state index in [4.69, 9.17) is 16.3 Å². The highest BCUT2D eigenvalue weighted by atomic mass is 35.5. The summed E-state index contributed by atoms with van der Waals surface area (Å²) < 4.78 is 18.5. The van der Waals surface area contributed by atoms with Crippen molar-refractivity contribution in [2.45, 2.75) is 12.1 Å². The zero-order valence-electron chi connectivity index (χ0n) is 10.2. The maximum absolute atomic E-state index is 13.3. The van der Waals surface area contributed by atoms with E-state index in [0.717, 1.165) is 5.56 Å². The normalized spacial score (nSPS) is 21.4. The molecule has 0 bridgehead atoms. The summed E-state index contributed by atoms with van der Waals surface area (Å²) in [6.07, 6.45) is 0.425. The van der Waals surface area contributed by atoms with Crippen molar-refractivity contribution in [3.63, 3.8) is 0 Å². The lowest BCUT2D eigenvalue weighted by Crippen LogP contribution is -2.19. The molecule has 4 nitrogen and oxygen atoms in total. The highest BCUT2D eigenvalue weighted by Gasteiger charge is 2.36. The van der Waals surface area contributed by atoms with Gasteiger partial charge in [0, 0.05) is 6.20 Å². The number of hydrogen-bond acceptors (Lipinski definition) is 3. The van der Waals surface area contributed by atoms with Crippen LogP contribution in [-0.4, -0.2) is 11.1 Å². The van der Waals surface area contributed by atoms with Crippen molar-refractivity contribution >= 4 is 17.7 Å². The number of alkyl carbamates (subject to hydrolysis) is 1. The summed E-state index contributed by atoms with van der Waals surface area (Å²) in [5, 5.41) is 3.05. The topological polar surface area (TPSA) is 51.2 Å². The van der Waals surface area contributed by atoms with Gasteiger partial charge in [-0.2, -0.15) is 0 Å². The van der Waals surface area contributed by atoms with Crippen molar-refractivity contribution in [3.05, 3.63) is 64.7 Å². The fourth-order valence-corrected chi connectivity index (χ4v) is 2.31. The van der Waals surface area contributed by atoms with Gasteiger partial charge in [0.1, 0.15) is 17.0 Å². The lowest BCUT2D eigenvalue weighted by Gasteiger charge is -2.17. The first kappa shape index (κ1) is 12.9. The Bertz CT molecular complexity index is 648. The summed E-state index contributed by atoms with van der Waals surface area (Å²) in [6.45, 7) is 0. The molecule has 1 saturated heterocycles. The maximum Gasteiger partial charge on any atom is 0.408 e. The molecule has 2 atom stereocenters. The van der Waals surface area contributed by atoms with E-state index in [0.29, 0.717) is 10.7 Å². The average molecular weight is 293 g/mol. The van der Waals surface area contributed by atoms with Gasteiger partial charge in [0.25, 0.3) is 0 Å². The van der Waals surface area contributed by atoms with Crippen molar-refractivity contribution in [2.24, 2.45) is 0 Å². The van der Waals surface area contributed by atoms with Gasteiger partial charge in [-0.3, -0.25) is 0 Å². The monoisotopic (exact) mass is 292 g/mol. The number of pyridine rings is 1. The van der Waals surface area contributed by atoms with Gasteiger partial charge >= 0.3 is 6.09 Å². The van der Waals surface area contributed by atoms with Gasteiger partial charge in [0.15, 0.2) is 6.10 Å². The minimum atomic E-state index is -0.596. The fourth-order valence-electron chi connectivity index (χ4n) is 2.19. The Labute approximate surface area is 119 Å². The molecule has 3 rings (SSSR count). The Hall–Kier alpha value is -2.14. The summed E-state index contributed by atoms with van der Waals surface area (Å²) in [6, 6.07) is 8.94. The molecule has 0 saturated carbocycles. The van der Waals surface area contributed by atoms with Crippen LogP contribution in [0.1, 0.15) is 23.3 Å². The van der Waals surface area contributed by atoms with Crippen molar-refractivity contribution in [1.82, 2.24) is 10.3 Å². The number of carbonyl (C=O) groups excluding carboxylic acids is 1. The SMILES string of the molecule is O=C1N[C@H](c2ccc(Cl)nc2)C(c2cccc(F)c2)O1. The van der Waals surface area contributed by atoms with Crippen LogP contribution < -0.4 is 5.32 Å². The lowest BCUT2D eigenvalue weighted by atomic mass is 9.98. The Balaban J connectivity index is 1.96. The van der Waals surface area contributed by atoms with E-state index in [9.17, 15) is 9.18 Å². The number of cyclic esters (lactones) is 1. The second-order valence-corrected chi connectivity index (χ2v) is 4.80. The number of hydrogen-bond donors (Lipinski definition) is 1. The Morgan fingerprint density at radius 2 is 2.10 bits per heavy atom. The zero-order valence-corrected chi connectivity index (χ0v) is 11.0. The van der Waals surface area contributed by atoms with Crippen LogP contribution in [0.25, 0.3) is 0 Å². The molecule has 0 spiro atoms. The molecule has 20 heavy (non-hydrogen) atoms. The molecule has 0 radical (unpaired) electrons. The molecule has 1 aliphatic heterocycles. The number of halogens is 2. The molecule has 1 aromatic carbocycles. The van der Waals surface area contributed by atoms with E-state index in [-0.39, 0.29) is 5.82 Å². The summed E-state index contributed by atoms with van der Waals surface area (Å²) >= 11 is 5.74. The minimum Gasteiger partial charge on any atom is -0.439 e. The van der Waals surface area contributed by atoms with Crippen molar-refractivity contribution in [2.75, 3.05) is 0 Å². The van der Waals surface area contributed by atoms with Gasteiger partial charge in [-0.05, 0) is 29.3 Å². The molecule has 1 fully saturated rings. The molecule has 2 heterocycles. The highest BCUT2D eigenvalue weighted by molar-refractivity contribution is 6.29. The lowest BCUT2D eigenvalue weighted by molar-refractivity contribution is 0.132. The number of nitrogens with zero attached hydrogens (tertiary/aromatic N) is 1. The highest BCUT2D eigenvalue weighted by Crippen LogP contribution is 2.36. The second kappa shape index (κ2) is 5.09. The van der Waals surface area contributed by atoms with E-state index in [1.165, 1.54) is 12.1 Å². The first-order valence-corrected chi connectivity index (χ1v) is 6.35. The van der Waals surface area contributed by atoms with Crippen LogP contribution in [0.4, 0.5) is 9.18 Å². The molecule has 6 heteroatoms. The average Bonchev–Trinajstić information content (AvgIpc) is 2.82. The van der Waals surface area contributed by atoms with Gasteiger partial charge in [-0.15, -0.1) is 0 Å². The van der Waals surface area contributed by atoms with Crippen LogP contribution in [0.5, 0.6) is 0 Å². The smallest absolute Gasteiger partial charge is 0.408 e. The van der Waals surface area contributed by atoms with Crippen LogP contribution in [0.15, 0.2) is 42.6 Å². The predicted octanol–water partition coefficient (Wildman–Crippen LogP) is 3.40. The number of nitrogens with one attached hydrogen (secondary N) is 1. The standard InChI is InChI=1S/C14H10ClFN2O2/c15-11-5-4-9(7-17-11)12-13(20-14(19)18-12)8-2-1-3-10(16)6-8/h1-7,12-13H,(H,18,19)/t12-,13?/m1/s1. The van der Waals surface area contributed by atoms with Gasteiger partial charge in [-0.1, -0.05) is 29.8 Å². The maximum atomic E-state index is 13.3. The number of rotatable bonds is 2. The Morgan fingerprint density at radius 3 is 2.80 bits per heavy atom. The molecule has 1 unspecified atom stereocenters. The number of carbonyl (C=O) groups is 1. The summed E-state index contributed by atoms with van der Waals surface area (Å²) in [5.41, 5.74) is 1.33. The van der Waals surface area contributed by atoms with Crippen LogP contribution in [0.3, 0.4) is 0 Å². The van der Waals surface area contributed by atoms with E-state index in [2.05, 4.69) is 10.3 Å². The third kappa shape index (κ3) is 2.44. The van der Waals surface area contributed by atoms with Crippen LogP contribution in [0, 0.1) is 5.82 Å². The first-order chi connectivity index (χ1) is 9.63. The number of aromatic nitrogens is 1. The van der Waals surface area contributed by atoms with Gasteiger partial charge in [0.05, 0.1) is 0 Å². The molecule has 1 amide bonds. The molecule has 0 aliphatic carbocycles. The van der Waals surface area contributed by atoms with E-state index in [1.807, 2.05) is 0 Å². The molecule has 2 aromatic rings. The van der Waals surface area contributed by atoms with Gasteiger partial charge in [0.2, 0.25) is 0 Å². The number of amides is 1. The molecular weight excluding hydrogens is 283 g/mol. The summed E-state index contributed by atoms with van der Waals surface area (Å²) in [4.78, 5) is 15.5. The van der Waals surface area contributed by atoms with Gasteiger partial charge in [-0.25, -0.2) is 14.2 Å². The molecule has 102 valence electrons.